The summed E-state index contributed by atoms with van der Waals surface area (Å²) < 4.78 is 28.3. The van der Waals surface area contributed by atoms with E-state index < -0.39 is 11.6 Å². The minimum atomic E-state index is -0.748. The first-order valence-electron chi connectivity index (χ1n) is 11.7. The summed E-state index contributed by atoms with van der Waals surface area (Å²) in [5, 5.41) is 12.7. The van der Waals surface area contributed by atoms with Gasteiger partial charge >= 0.3 is 0 Å². The maximum Gasteiger partial charge on any atom is 0.256 e. The highest BCUT2D eigenvalue weighted by molar-refractivity contribution is 6.10. The highest BCUT2D eigenvalue weighted by atomic mass is 19.1. The number of nitriles is 1. The summed E-state index contributed by atoms with van der Waals surface area (Å²) in [7, 11) is 1.71. The molecule has 0 spiro atoms. The second-order valence-corrected chi connectivity index (χ2v) is 8.94. The van der Waals surface area contributed by atoms with Crippen molar-refractivity contribution in [2.45, 2.75) is 18.9 Å². The molecule has 1 amide bonds. The van der Waals surface area contributed by atoms with Gasteiger partial charge in [-0.1, -0.05) is 12.1 Å². The van der Waals surface area contributed by atoms with E-state index in [9.17, 15) is 18.8 Å². The monoisotopic (exact) mass is 483 g/mol. The Morgan fingerprint density at radius 1 is 1.14 bits per heavy atom. The van der Waals surface area contributed by atoms with Crippen LogP contribution in [0.25, 0.3) is 33.4 Å². The van der Waals surface area contributed by atoms with Crippen molar-refractivity contribution in [2.24, 2.45) is 0 Å². The average molecular weight is 484 g/mol. The summed E-state index contributed by atoms with van der Waals surface area (Å²) in [6.07, 6.45) is 3.47. The van der Waals surface area contributed by atoms with Gasteiger partial charge in [0.05, 0.1) is 28.4 Å². The number of nitrogens with zero attached hydrogens (tertiary/aromatic N) is 4. The number of halogens is 2. The quantitative estimate of drug-likeness (QED) is 0.435. The summed E-state index contributed by atoms with van der Waals surface area (Å²) in [4.78, 5) is 24.7. The highest BCUT2D eigenvalue weighted by Gasteiger charge is 2.25. The van der Waals surface area contributed by atoms with E-state index in [1.165, 1.54) is 18.3 Å². The van der Waals surface area contributed by atoms with E-state index >= 15 is 0 Å². The molecular weight excluding hydrogens is 460 g/mol. The Labute approximate surface area is 207 Å². The Balaban J connectivity index is 1.69. The molecule has 0 saturated carbocycles. The number of hydrogen-bond acceptors (Lipinski definition) is 5. The Hall–Kier alpha value is -4.22. The molecule has 3 heterocycles. The molecular formula is C28H23F2N5O. The molecule has 1 aliphatic heterocycles. The topological polar surface area (TPSA) is 81.9 Å². The Morgan fingerprint density at radius 3 is 2.67 bits per heavy atom. The number of aromatic nitrogens is 2. The lowest BCUT2D eigenvalue weighted by Gasteiger charge is -2.23. The van der Waals surface area contributed by atoms with E-state index in [0.29, 0.717) is 40.0 Å². The van der Waals surface area contributed by atoms with Crippen molar-refractivity contribution >= 4 is 16.9 Å². The van der Waals surface area contributed by atoms with Crippen LogP contribution in [0.3, 0.4) is 0 Å². The molecule has 180 valence electrons. The number of pyridine rings is 2. The molecule has 2 aromatic heterocycles. The standard InChI is InChI=1S/C28H23F2N5O/c1-35(16-22-6-3-9-32-22)28(36)26-23(19-11-20(29)13-21(30)12-19)15-33-25-8-7-24(34-27(25)26)18-5-2-4-17(10-18)14-31/h2,4-5,7-8,10-13,15,22,32H,3,6,9,16H2,1H3/t22-/m0/s1. The molecule has 0 unspecified atom stereocenters. The first kappa shape index (κ1) is 23.5. The third-order valence-corrected chi connectivity index (χ3v) is 6.39. The third-order valence-electron chi connectivity index (χ3n) is 6.39. The zero-order valence-electron chi connectivity index (χ0n) is 19.6. The second kappa shape index (κ2) is 9.80. The fourth-order valence-corrected chi connectivity index (χ4v) is 4.64. The van der Waals surface area contributed by atoms with E-state index in [2.05, 4.69) is 16.4 Å². The highest BCUT2D eigenvalue weighted by Crippen LogP contribution is 2.32. The molecule has 1 N–H and O–H groups in total. The summed E-state index contributed by atoms with van der Waals surface area (Å²) in [6.45, 7) is 1.40. The van der Waals surface area contributed by atoms with E-state index in [1.807, 2.05) is 6.07 Å². The molecule has 0 bridgehead atoms. The van der Waals surface area contributed by atoms with Crippen LogP contribution in [0.2, 0.25) is 0 Å². The van der Waals surface area contributed by atoms with Crippen LogP contribution in [-0.2, 0) is 0 Å². The van der Waals surface area contributed by atoms with Gasteiger partial charge in [0.1, 0.15) is 17.2 Å². The van der Waals surface area contributed by atoms with E-state index in [1.54, 1.807) is 42.3 Å². The first-order chi connectivity index (χ1) is 17.4. The van der Waals surface area contributed by atoms with Crippen LogP contribution < -0.4 is 5.32 Å². The molecule has 1 aliphatic rings. The molecule has 36 heavy (non-hydrogen) atoms. The smallest absolute Gasteiger partial charge is 0.256 e. The van der Waals surface area contributed by atoms with Crippen LogP contribution in [0.1, 0.15) is 28.8 Å². The lowest BCUT2D eigenvalue weighted by Crippen LogP contribution is -2.39. The minimum absolute atomic E-state index is 0.180. The van der Waals surface area contributed by atoms with Crippen molar-refractivity contribution in [2.75, 3.05) is 20.1 Å². The summed E-state index contributed by atoms with van der Waals surface area (Å²) in [6, 6.07) is 16.0. The van der Waals surface area contributed by atoms with E-state index in [4.69, 9.17) is 4.98 Å². The number of fused-ring (bicyclic) bond motifs is 1. The lowest BCUT2D eigenvalue weighted by atomic mass is 9.98. The Morgan fingerprint density at radius 2 is 1.94 bits per heavy atom. The maximum atomic E-state index is 14.1. The van der Waals surface area contributed by atoms with Gasteiger partial charge in [-0.25, -0.2) is 13.8 Å². The molecule has 2 aromatic carbocycles. The number of likely N-dealkylation sites (N-methyl/N-ethyl adjacent to an activating group) is 1. The molecule has 6 nitrogen and oxygen atoms in total. The zero-order valence-corrected chi connectivity index (χ0v) is 19.6. The predicted octanol–water partition coefficient (Wildman–Crippen LogP) is 4.94. The fourth-order valence-electron chi connectivity index (χ4n) is 4.64. The predicted molar refractivity (Wildman–Crippen MR) is 133 cm³/mol. The Kier molecular flexibility index (Phi) is 6.40. The van der Waals surface area contributed by atoms with Crippen LogP contribution in [-0.4, -0.2) is 47.0 Å². The average Bonchev–Trinajstić information content (AvgIpc) is 3.39. The van der Waals surface area contributed by atoms with Gasteiger partial charge in [-0.2, -0.15) is 5.26 Å². The zero-order chi connectivity index (χ0) is 25.2. The lowest BCUT2D eigenvalue weighted by molar-refractivity contribution is 0.0786. The van der Waals surface area contributed by atoms with Gasteiger partial charge in [-0.15, -0.1) is 0 Å². The van der Waals surface area contributed by atoms with Gasteiger partial charge in [0.25, 0.3) is 5.91 Å². The molecule has 1 atom stereocenters. The van der Waals surface area contributed by atoms with E-state index in [-0.39, 0.29) is 23.1 Å². The molecule has 8 heteroatoms. The van der Waals surface area contributed by atoms with Gasteiger partial charge in [0.15, 0.2) is 0 Å². The van der Waals surface area contributed by atoms with Crippen molar-refractivity contribution in [3.8, 4) is 28.5 Å². The Bertz CT molecular complexity index is 1490. The third kappa shape index (κ3) is 4.66. The minimum Gasteiger partial charge on any atom is -0.340 e. The van der Waals surface area contributed by atoms with Gasteiger partial charge in [-0.05, 0) is 61.3 Å². The van der Waals surface area contributed by atoms with Crippen molar-refractivity contribution < 1.29 is 13.6 Å². The van der Waals surface area contributed by atoms with Crippen molar-refractivity contribution in [1.29, 1.82) is 5.26 Å². The van der Waals surface area contributed by atoms with Gasteiger partial charge in [-0.3, -0.25) is 9.78 Å². The number of hydrogen-bond donors (Lipinski definition) is 1. The maximum absolute atomic E-state index is 14.1. The number of amides is 1. The SMILES string of the molecule is CN(C[C@@H]1CCCN1)C(=O)c1c(-c2cc(F)cc(F)c2)cnc2ccc(-c3cccc(C#N)c3)nc12. The number of carbonyl (C=O) groups is 1. The van der Waals surface area contributed by atoms with Gasteiger partial charge in [0.2, 0.25) is 0 Å². The molecule has 1 fully saturated rings. The van der Waals surface area contributed by atoms with Crippen molar-refractivity contribution in [3.05, 3.63) is 83.6 Å². The van der Waals surface area contributed by atoms with Crippen LogP contribution in [0.5, 0.6) is 0 Å². The van der Waals surface area contributed by atoms with Crippen LogP contribution in [0.4, 0.5) is 8.78 Å². The van der Waals surface area contributed by atoms with Gasteiger partial charge in [0, 0.05) is 43.0 Å². The number of rotatable bonds is 5. The number of nitrogens with one attached hydrogen (secondary N) is 1. The summed E-state index contributed by atoms with van der Waals surface area (Å²) in [5.41, 5.74) is 3.28. The normalized spacial score (nSPS) is 15.1. The van der Waals surface area contributed by atoms with Crippen molar-refractivity contribution in [3.63, 3.8) is 0 Å². The fraction of sp³-hybridized carbons (Fsp3) is 0.214. The summed E-state index contributed by atoms with van der Waals surface area (Å²) in [5.74, 6) is -1.81. The van der Waals surface area contributed by atoms with Crippen LogP contribution in [0.15, 0.2) is 60.8 Å². The molecule has 4 aromatic rings. The first-order valence-corrected chi connectivity index (χ1v) is 11.7. The van der Waals surface area contributed by atoms with Crippen molar-refractivity contribution in [1.82, 2.24) is 20.2 Å². The number of carbonyl (C=O) groups excluding carboxylic acids is 1. The van der Waals surface area contributed by atoms with Crippen LogP contribution >= 0.6 is 0 Å². The molecule has 0 radical (unpaired) electrons. The van der Waals surface area contributed by atoms with Gasteiger partial charge < -0.3 is 10.2 Å². The second-order valence-electron chi connectivity index (χ2n) is 8.94. The number of benzene rings is 2. The largest absolute Gasteiger partial charge is 0.340 e. The summed E-state index contributed by atoms with van der Waals surface area (Å²) >= 11 is 0. The van der Waals surface area contributed by atoms with E-state index in [0.717, 1.165) is 25.5 Å². The molecule has 5 rings (SSSR count). The van der Waals surface area contributed by atoms with Crippen LogP contribution in [0, 0.1) is 23.0 Å². The molecule has 0 aliphatic carbocycles. The molecule has 1 saturated heterocycles.